The number of carbonyl (C=O) groups is 2. The van der Waals surface area contributed by atoms with E-state index < -0.39 is 0 Å². The maximum Gasteiger partial charge on any atom is 0.257 e. The summed E-state index contributed by atoms with van der Waals surface area (Å²) in [5.74, 6) is -0.444. The van der Waals surface area contributed by atoms with Gasteiger partial charge in [-0.1, -0.05) is 45.7 Å². The summed E-state index contributed by atoms with van der Waals surface area (Å²) in [6.45, 7) is 6.44. The van der Waals surface area contributed by atoms with Crippen LogP contribution >= 0.6 is 0 Å². The van der Waals surface area contributed by atoms with Crippen molar-refractivity contribution in [3.8, 4) is 0 Å². The Morgan fingerprint density at radius 2 is 1.56 bits per heavy atom. The maximum atomic E-state index is 12.5. The highest BCUT2D eigenvalue weighted by molar-refractivity contribution is 6.05. The number of aromatic nitrogens is 1. The normalized spacial score (nSPS) is 14.8. The van der Waals surface area contributed by atoms with E-state index in [1.807, 2.05) is 24.3 Å². The zero-order chi connectivity index (χ0) is 19.4. The number of benzene rings is 1. The van der Waals surface area contributed by atoms with Crippen LogP contribution in [0.2, 0.25) is 0 Å². The molecular weight excluding hydrogens is 338 g/mol. The van der Waals surface area contributed by atoms with Gasteiger partial charge in [-0.05, 0) is 42.0 Å². The highest BCUT2D eigenvalue weighted by Gasteiger charge is 2.19. The number of hydrogen-bond acceptors (Lipinski definition) is 3. The fourth-order valence-electron chi connectivity index (χ4n) is 3.28. The van der Waals surface area contributed by atoms with Crippen molar-refractivity contribution in [3.05, 3.63) is 59.4 Å². The first-order chi connectivity index (χ1) is 12.8. The second kappa shape index (κ2) is 7.91. The van der Waals surface area contributed by atoms with Crippen LogP contribution in [0.4, 0.5) is 5.69 Å². The molecule has 3 rings (SSSR count). The number of rotatable bonds is 4. The predicted molar refractivity (Wildman–Crippen MR) is 107 cm³/mol. The molecule has 0 bridgehead atoms. The van der Waals surface area contributed by atoms with Crippen molar-refractivity contribution in [2.75, 3.05) is 5.32 Å². The van der Waals surface area contributed by atoms with E-state index in [1.54, 1.807) is 6.07 Å². The molecule has 5 heteroatoms. The van der Waals surface area contributed by atoms with Crippen LogP contribution < -0.4 is 10.6 Å². The molecule has 0 aliphatic heterocycles. The zero-order valence-corrected chi connectivity index (χ0v) is 16.2. The molecule has 0 atom stereocenters. The standard InChI is InChI=1S/C22H27N3O2/c1-22(2,3)17-8-10-19(11-9-17)25-21(27)16-12-15(13-23-14-16)20(26)24-18-6-4-5-7-18/h8-14,18H,4-7H2,1-3H3,(H,24,26)(H,25,27). The van der Waals surface area contributed by atoms with Crippen molar-refractivity contribution in [1.82, 2.24) is 10.3 Å². The number of anilines is 1. The van der Waals surface area contributed by atoms with E-state index in [1.165, 1.54) is 18.0 Å². The van der Waals surface area contributed by atoms with Crippen LogP contribution in [0.25, 0.3) is 0 Å². The maximum absolute atomic E-state index is 12.5. The lowest BCUT2D eigenvalue weighted by Gasteiger charge is -2.19. The minimum absolute atomic E-state index is 0.0630. The first-order valence-corrected chi connectivity index (χ1v) is 9.51. The van der Waals surface area contributed by atoms with E-state index in [0.29, 0.717) is 16.8 Å². The van der Waals surface area contributed by atoms with Crippen LogP contribution in [0.15, 0.2) is 42.7 Å². The molecule has 0 spiro atoms. The van der Waals surface area contributed by atoms with Crippen molar-refractivity contribution < 1.29 is 9.59 Å². The van der Waals surface area contributed by atoms with Gasteiger partial charge in [0.05, 0.1) is 11.1 Å². The second-order valence-electron chi connectivity index (χ2n) is 8.20. The van der Waals surface area contributed by atoms with Gasteiger partial charge >= 0.3 is 0 Å². The highest BCUT2D eigenvalue weighted by Crippen LogP contribution is 2.23. The van der Waals surface area contributed by atoms with Gasteiger partial charge in [0.1, 0.15) is 0 Å². The molecule has 1 aliphatic carbocycles. The van der Waals surface area contributed by atoms with Crippen molar-refractivity contribution in [3.63, 3.8) is 0 Å². The molecule has 1 fully saturated rings. The van der Waals surface area contributed by atoms with Gasteiger partial charge < -0.3 is 10.6 Å². The molecule has 142 valence electrons. The van der Waals surface area contributed by atoms with E-state index in [9.17, 15) is 9.59 Å². The number of carbonyl (C=O) groups excluding carboxylic acids is 2. The van der Waals surface area contributed by atoms with Crippen molar-refractivity contribution in [1.29, 1.82) is 0 Å². The molecule has 0 radical (unpaired) electrons. The molecule has 1 aliphatic rings. The minimum atomic E-state index is -0.276. The average molecular weight is 365 g/mol. The number of pyridine rings is 1. The van der Waals surface area contributed by atoms with Crippen LogP contribution in [0.1, 0.15) is 72.7 Å². The van der Waals surface area contributed by atoms with Crippen LogP contribution in [-0.4, -0.2) is 22.8 Å². The third-order valence-electron chi connectivity index (χ3n) is 4.96. The van der Waals surface area contributed by atoms with Gasteiger partial charge in [-0.2, -0.15) is 0 Å². The van der Waals surface area contributed by atoms with Gasteiger partial charge in [-0.25, -0.2) is 0 Å². The zero-order valence-electron chi connectivity index (χ0n) is 16.2. The average Bonchev–Trinajstić information content (AvgIpc) is 3.14. The van der Waals surface area contributed by atoms with Crippen LogP contribution in [0.5, 0.6) is 0 Å². The summed E-state index contributed by atoms with van der Waals surface area (Å²) in [7, 11) is 0. The Kier molecular flexibility index (Phi) is 5.59. The first-order valence-electron chi connectivity index (χ1n) is 9.51. The molecule has 0 saturated heterocycles. The third-order valence-corrected chi connectivity index (χ3v) is 4.96. The van der Waals surface area contributed by atoms with Gasteiger partial charge in [0.15, 0.2) is 0 Å². The fourth-order valence-corrected chi connectivity index (χ4v) is 3.28. The lowest BCUT2D eigenvalue weighted by atomic mass is 9.87. The quantitative estimate of drug-likeness (QED) is 0.848. The number of nitrogens with zero attached hydrogens (tertiary/aromatic N) is 1. The lowest BCUT2D eigenvalue weighted by Crippen LogP contribution is -2.32. The van der Waals surface area contributed by atoms with E-state index >= 15 is 0 Å². The van der Waals surface area contributed by atoms with Gasteiger partial charge in [0.25, 0.3) is 11.8 Å². The Hall–Kier alpha value is -2.69. The summed E-state index contributed by atoms with van der Waals surface area (Å²) < 4.78 is 0. The number of amides is 2. The summed E-state index contributed by atoms with van der Waals surface area (Å²) in [6, 6.07) is 9.64. The van der Waals surface area contributed by atoms with E-state index in [4.69, 9.17) is 0 Å². The summed E-state index contributed by atoms with van der Waals surface area (Å²) in [5, 5.41) is 5.89. The SMILES string of the molecule is CC(C)(C)c1ccc(NC(=O)c2cncc(C(=O)NC3CCCC3)c2)cc1. The molecule has 2 N–H and O–H groups in total. The third kappa shape index (κ3) is 4.94. The molecule has 27 heavy (non-hydrogen) atoms. The number of nitrogens with one attached hydrogen (secondary N) is 2. The van der Waals surface area contributed by atoms with Crippen molar-refractivity contribution in [2.45, 2.75) is 57.9 Å². The van der Waals surface area contributed by atoms with Crippen molar-refractivity contribution in [2.24, 2.45) is 0 Å². The molecule has 0 unspecified atom stereocenters. The van der Waals surface area contributed by atoms with Gasteiger partial charge in [0.2, 0.25) is 0 Å². The largest absolute Gasteiger partial charge is 0.349 e. The Labute approximate surface area is 160 Å². The molecule has 5 nitrogen and oxygen atoms in total. The van der Waals surface area contributed by atoms with E-state index in [-0.39, 0.29) is 23.3 Å². The molecule has 2 amide bonds. The lowest BCUT2D eigenvalue weighted by molar-refractivity contribution is 0.0937. The van der Waals surface area contributed by atoms with Gasteiger partial charge in [-0.3, -0.25) is 14.6 Å². The molecule has 1 aromatic heterocycles. The summed E-state index contributed by atoms with van der Waals surface area (Å²) in [6.07, 6.45) is 7.32. The smallest absolute Gasteiger partial charge is 0.257 e. The Bertz CT molecular complexity index is 816. The van der Waals surface area contributed by atoms with Crippen LogP contribution in [0, 0.1) is 0 Å². The summed E-state index contributed by atoms with van der Waals surface area (Å²) >= 11 is 0. The second-order valence-corrected chi connectivity index (χ2v) is 8.20. The predicted octanol–water partition coefficient (Wildman–Crippen LogP) is 4.30. The molecular formula is C22H27N3O2. The topological polar surface area (TPSA) is 71.1 Å². The van der Waals surface area contributed by atoms with E-state index in [0.717, 1.165) is 25.7 Å². The highest BCUT2D eigenvalue weighted by atomic mass is 16.2. The fraction of sp³-hybridized carbons (Fsp3) is 0.409. The van der Waals surface area contributed by atoms with E-state index in [2.05, 4.69) is 36.4 Å². The summed E-state index contributed by atoms with van der Waals surface area (Å²) in [4.78, 5) is 29.0. The Morgan fingerprint density at radius 1 is 0.963 bits per heavy atom. The molecule has 1 heterocycles. The monoisotopic (exact) mass is 365 g/mol. The molecule has 1 aromatic carbocycles. The van der Waals surface area contributed by atoms with Crippen LogP contribution in [0.3, 0.4) is 0 Å². The molecule has 2 aromatic rings. The van der Waals surface area contributed by atoms with Crippen molar-refractivity contribution >= 4 is 17.5 Å². The Morgan fingerprint density at radius 3 is 2.15 bits per heavy atom. The summed E-state index contributed by atoms with van der Waals surface area (Å²) in [5.41, 5.74) is 2.76. The minimum Gasteiger partial charge on any atom is -0.349 e. The van der Waals surface area contributed by atoms with Gasteiger partial charge in [0, 0.05) is 24.1 Å². The Balaban J connectivity index is 1.67. The number of hydrogen-bond donors (Lipinski definition) is 2. The van der Waals surface area contributed by atoms with Crippen LogP contribution in [-0.2, 0) is 5.41 Å². The first kappa shape index (κ1) is 19.1. The molecule has 1 saturated carbocycles. The van der Waals surface area contributed by atoms with Gasteiger partial charge in [-0.15, -0.1) is 0 Å².